The van der Waals surface area contributed by atoms with Crippen LogP contribution in [0.5, 0.6) is 5.75 Å². The van der Waals surface area contributed by atoms with E-state index in [1.807, 2.05) is 25.1 Å². The minimum absolute atomic E-state index is 0.322. The zero-order valence-corrected chi connectivity index (χ0v) is 11.7. The molecule has 2 nitrogen and oxygen atoms in total. The third-order valence-corrected chi connectivity index (χ3v) is 4.02. The lowest BCUT2D eigenvalue weighted by Gasteiger charge is -2.30. The van der Waals surface area contributed by atoms with Crippen molar-refractivity contribution in [2.45, 2.75) is 25.6 Å². The van der Waals surface area contributed by atoms with Crippen molar-refractivity contribution in [2.24, 2.45) is 0 Å². The lowest BCUT2D eigenvalue weighted by atomic mass is 9.94. The van der Waals surface area contributed by atoms with Gasteiger partial charge in [0, 0.05) is 23.1 Å². The van der Waals surface area contributed by atoms with Crippen LogP contribution in [-0.2, 0) is 0 Å². The minimum Gasteiger partial charge on any atom is -0.485 e. The number of aryl methyl sites for hydroxylation is 1. The Labute approximate surface area is 121 Å². The van der Waals surface area contributed by atoms with Crippen LogP contribution in [-0.4, -0.2) is 5.11 Å². The molecule has 20 heavy (non-hydrogen) atoms. The Morgan fingerprint density at radius 2 is 2.05 bits per heavy atom. The van der Waals surface area contributed by atoms with Crippen molar-refractivity contribution in [3.8, 4) is 5.75 Å². The summed E-state index contributed by atoms with van der Waals surface area (Å²) in [6.45, 7) is 1.92. The molecule has 0 amide bonds. The van der Waals surface area contributed by atoms with E-state index in [9.17, 15) is 9.50 Å². The van der Waals surface area contributed by atoms with Crippen LogP contribution in [0.3, 0.4) is 0 Å². The van der Waals surface area contributed by atoms with Crippen molar-refractivity contribution in [3.05, 3.63) is 63.9 Å². The number of aliphatic hydroxyl groups is 1. The Hall–Kier alpha value is -1.58. The zero-order valence-electron chi connectivity index (χ0n) is 10.9. The predicted molar refractivity (Wildman–Crippen MR) is 75.5 cm³/mol. The molecule has 0 aliphatic carbocycles. The number of rotatable bonds is 1. The van der Waals surface area contributed by atoms with E-state index >= 15 is 0 Å². The zero-order chi connectivity index (χ0) is 14.3. The number of fused-ring (bicyclic) bond motifs is 1. The summed E-state index contributed by atoms with van der Waals surface area (Å²) in [6, 6.07) is 9.86. The number of hydrogen-bond donors (Lipinski definition) is 1. The largest absolute Gasteiger partial charge is 0.485 e. The van der Waals surface area contributed by atoms with Gasteiger partial charge in [-0.05, 0) is 36.2 Å². The standard InChI is InChI=1S/C16H14ClFO2/c1-9-2-3-10(6-13(9)17)15-8-14(19)12-5-4-11(18)7-16(12)20-15/h2-7,14-15,19H,8H2,1H3/t14-,15?/m1/s1. The Bertz CT molecular complexity index is 657. The maximum atomic E-state index is 13.3. The van der Waals surface area contributed by atoms with E-state index in [1.54, 1.807) is 6.07 Å². The molecule has 1 N–H and O–H groups in total. The van der Waals surface area contributed by atoms with E-state index in [4.69, 9.17) is 16.3 Å². The molecule has 2 aromatic rings. The van der Waals surface area contributed by atoms with E-state index in [0.717, 1.165) is 11.1 Å². The number of hydrogen-bond acceptors (Lipinski definition) is 2. The molecule has 2 atom stereocenters. The molecule has 2 aromatic carbocycles. The Kier molecular flexibility index (Phi) is 3.40. The fraction of sp³-hybridized carbons (Fsp3) is 0.250. The number of aliphatic hydroxyl groups excluding tert-OH is 1. The number of ether oxygens (including phenoxy) is 1. The van der Waals surface area contributed by atoms with Crippen LogP contribution in [0, 0.1) is 12.7 Å². The summed E-state index contributed by atoms with van der Waals surface area (Å²) < 4.78 is 19.1. The number of halogens is 2. The summed E-state index contributed by atoms with van der Waals surface area (Å²) in [5.74, 6) is 0.0176. The van der Waals surface area contributed by atoms with Crippen molar-refractivity contribution in [1.82, 2.24) is 0 Å². The lowest BCUT2D eigenvalue weighted by molar-refractivity contribution is 0.0654. The maximum Gasteiger partial charge on any atom is 0.128 e. The minimum atomic E-state index is -0.663. The quantitative estimate of drug-likeness (QED) is 0.847. The highest BCUT2D eigenvalue weighted by Gasteiger charge is 2.28. The predicted octanol–water partition coefficient (Wildman–Crippen LogP) is 4.34. The first-order valence-electron chi connectivity index (χ1n) is 6.45. The SMILES string of the molecule is Cc1ccc(C2C[C@@H](O)c3ccc(F)cc3O2)cc1Cl. The van der Waals surface area contributed by atoms with Gasteiger partial charge in [0.1, 0.15) is 17.7 Å². The van der Waals surface area contributed by atoms with E-state index in [1.165, 1.54) is 12.1 Å². The fourth-order valence-corrected chi connectivity index (χ4v) is 2.62. The third-order valence-electron chi connectivity index (χ3n) is 3.61. The van der Waals surface area contributed by atoms with Gasteiger partial charge in [-0.15, -0.1) is 0 Å². The second-order valence-electron chi connectivity index (χ2n) is 5.05. The first kappa shape index (κ1) is 13.4. The van der Waals surface area contributed by atoms with Gasteiger partial charge < -0.3 is 9.84 Å². The van der Waals surface area contributed by atoms with Crippen LogP contribution in [0.4, 0.5) is 4.39 Å². The van der Waals surface area contributed by atoms with Crippen LogP contribution in [0.1, 0.15) is 35.3 Å². The number of benzene rings is 2. The molecule has 1 unspecified atom stereocenters. The van der Waals surface area contributed by atoms with Crippen molar-refractivity contribution < 1.29 is 14.2 Å². The Morgan fingerprint density at radius 3 is 2.80 bits per heavy atom. The second kappa shape index (κ2) is 5.08. The monoisotopic (exact) mass is 292 g/mol. The molecular formula is C16H14ClFO2. The molecule has 1 heterocycles. The highest BCUT2D eigenvalue weighted by atomic mass is 35.5. The average Bonchev–Trinajstić information content (AvgIpc) is 2.41. The van der Waals surface area contributed by atoms with E-state index in [-0.39, 0.29) is 11.9 Å². The lowest BCUT2D eigenvalue weighted by Crippen LogP contribution is -2.19. The second-order valence-corrected chi connectivity index (χ2v) is 5.46. The van der Waals surface area contributed by atoms with Gasteiger partial charge in [-0.25, -0.2) is 4.39 Å². The van der Waals surface area contributed by atoms with Crippen LogP contribution in [0.25, 0.3) is 0 Å². The van der Waals surface area contributed by atoms with Crippen molar-refractivity contribution in [1.29, 1.82) is 0 Å². The van der Waals surface area contributed by atoms with Gasteiger partial charge >= 0.3 is 0 Å². The van der Waals surface area contributed by atoms with Gasteiger partial charge in [-0.1, -0.05) is 23.7 Å². The van der Waals surface area contributed by atoms with Crippen LogP contribution in [0.15, 0.2) is 36.4 Å². The van der Waals surface area contributed by atoms with Crippen molar-refractivity contribution in [3.63, 3.8) is 0 Å². The first-order chi connectivity index (χ1) is 9.54. The molecule has 0 radical (unpaired) electrons. The molecule has 4 heteroatoms. The molecule has 0 bridgehead atoms. The normalized spacial score (nSPS) is 21.2. The van der Waals surface area contributed by atoms with Crippen LogP contribution >= 0.6 is 11.6 Å². The highest BCUT2D eigenvalue weighted by Crippen LogP contribution is 2.41. The molecule has 3 rings (SSSR count). The smallest absolute Gasteiger partial charge is 0.128 e. The third kappa shape index (κ3) is 2.39. The summed E-state index contributed by atoms with van der Waals surface area (Å²) in [6.07, 6.45) is -0.556. The van der Waals surface area contributed by atoms with Crippen LogP contribution in [0.2, 0.25) is 5.02 Å². The van der Waals surface area contributed by atoms with Gasteiger partial charge in [0.15, 0.2) is 0 Å². The molecule has 0 saturated heterocycles. The average molecular weight is 293 g/mol. The van der Waals surface area contributed by atoms with E-state index in [2.05, 4.69) is 0 Å². The summed E-state index contributed by atoms with van der Waals surface area (Å²) in [7, 11) is 0. The maximum absolute atomic E-state index is 13.3. The van der Waals surface area contributed by atoms with Crippen molar-refractivity contribution >= 4 is 11.6 Å². The highest BCUT2D eigenvalue weighted by molar-refractivity contribution is 6.31. The van der Waals surface area contributed by atoms with Gasteiger partial charge in [0.25, 0.3) is 0 Å². The Morgan fingerprint density at radius 1 is 1.25 bits per heavy atom. The van der Waals surface area contributed by atoms with Crippen molar-refractivity contribution in [2.75, 3.05) is 0 Å². The van der Waals surface area contributed by atoms with Gasteiger partial charge in [-0.3, -0.25) is 0 Å². The van der Waals surface area contributed by atoms with Gasteiger partial charge in [0.2, 0.25) is 0 Å². The topological polar surface area (TPSA) is 29.5 Å². The summed E-state index contributed by atoms with van der Waals surface area (Å²) in [4.78, 5) is 0. The Balaban J connectivity index is 1.96. The summed E-state index contributed by atoms with van der Waals surface area (Å²) in [5, 5.41) is 10.8. The summed E-state index contributed by atoms with van der Waals surface area (Å²) >= 11 is 6.12. The molecule has 104 valence electrons. The van der Waals surface area contributed by atoms with Gasteiger partial charge in [-0.2, -0.15) is 0 Å². The molecular weight excluding hydrogens is 279 g/mol. The molecule has 1 aliphatic rings. The van der Waals surface area contributed by atoms with E-state index < -0.39 is 6.10 Å². The van der Waals surface area contributed by atoms with E-state index in [0.29, 0.717) is 22.8 Å². The molecule has 0 saturated carbocycles. The molecule has 1 aliphatic heterocycles. The molecule has 0 aromatic heterocycles. The summed E-state index contributed by atoms with van der Waals surface area (Å²) in [5.41, 5.74) is 2.49. The fourth-order valence-electron chi connectivity index (χ4n) is 2.43. The molecule has 0 fully saturated rings. The first-order valence-corrected chi connectivity index (χ1v) is 6.82. The van der Waals surface area contributed by atoms with Gasteiger partial charge in [0.05, 0.1) is 6.10 Å². The van der Waals surface area contributed by atoms with Crippen LogP contribution < -0.4 is 4.74 Å². The molecule has 0 spiro atoms.